The summed E-state index contributed by atoms with van der Waals surface area (Å²) in [5.74, 6) is -0.152. The van der Waals surface area contributed by atoms with Crippen molar-refractivity contribution in [3.05, 3.63) is 71.7 Å². The van der Waals surface area contributed by atoms with Crippen molar-refractivity contribution in [2.24, 2.45) is 0 Å². The highest BCUT2D eigenvalue weighted by Crippen LogP contribution is 2.19. The molecule has 0 aliphatic carbocycles. The van der Waals surface area contributed by atoms with Crippen LogP contribution in [0.25, 0.3) is 11.3 Å². The highest BCUT2D eigenvalue weighted by Gasteiger charge is 2.12. The highest BCUT2D eigenvalue weighted by molar-refractivity contribution is 5.60. The second-order valence-corrected chi connectivity index (χ2v) is 5.57. The number of hydrogen-bond acceptors (Lipinski definition) is 3. The molecule has 1 heterocycles. The van der Waals surface area contributed by atoms with Gasteiger partial charge >= 0.3 is 0 Å². The lowest BCUT2D eigenvalue weighted by Crippen LogP contribution is -2.18. The summed E-state index contributed by atoms with van der Waals surface area (Å²) in [7, 11) is 0. The van der Waals surface area contributed by atoms with Gasteiger partial charge in [0.1, 0.15) is 17.2 Å². The van der Waals surface area contributed by atoms with Gasteiger partial charge in [0.25, 0.3) is 0 Å². The van der Waals surface area contributed by atoms with Crippen LogP contribution in [0.3, 0.4) is 0 Å². The Morgan fingerprint density at radius 2 is 1.75 bits per heavy atom. The van der Waals surface area contributed by atoms with Crippen molar-refractivity contribution >= 4 is 0 Å². The van der Waals surface area contributed by atoms with Crippen LogP contribution >= 0.6 is 0 Å². The van der Waals surface area contributed by atoms with Crippen LogP contribution in [0.5, 0.6) is 0 Å². The molecule has 3 rings (SSSR count). The van der Waals surface area contributed by atoms with Gasteiger partial charge in [0.15, 0.2) is 0 Å². The number of nitrogens with zero attached hydrogens (tertiary/aromatic N) is 3. The number of rotatable bonds is 7. The second-order valence-electron chi connectivity index (χ2n) is 5.57. The molecule has 0 bridgehead atoms. The van der Waals surface area contributed by atoms with Gasteiger partial charge in [-0.25, -0.2) is 4.39 Å². The maximum Gasteiger partial charge on any atom is 0.126 e. The van der Waals surface area contributed by atoms with Crippen molar-refractivity contribution in [3.63, 3.8) is 0 Å². The molecular weight excluding hydrogens is 303 g/mol. The molecule has 0 saturated carbocycles. The van der Waals surface area contributed by atoms with E-state index in [4.69, 9.17) is 0 Å². The van der Waals surface area contributed by atoms with Crippen LogP contribution in [0.2, 0.25) is 0 Å². The fourth-order valence-electron chi connectivity index (χ4n) is 2.59. The SMILES string of the molecule is CCn1nc(CNCCc2ccccc2F)c(-c2ccccc2)n1. The minimum Gasteiger partial charge on any atom is -0.311 e. The molecular formula is C19H21FN4. The Balaban J connectivity index is 1.65. The van der Waals surface area contributed by atoms with Crippen molar-refractivity contribution in [2.45, 2.75) is 26.4 Å². The van der Waals surface area contributed by atoms with E-state index in [0.29, 0.717) is 19.5 Å². The van der Waals surface area contributed by atoms with Gasteiger partial charge in [0, 0.05) is 12.1 Å². The quantitative estimate of drug-likeness (QED) is 0.677. The predicted molar refractivity (Wildman–Crippen MR) is 92.9 cm³/mol. The Labute approximate surface area is 141 Å². The standard InChI is InChI=1S/C19H21FN4/c1-2-24-22-18(19(23-24)16-9-4-3-5-10-16)14-21-13-12-15-8-6-7-11-17(15)20/h3-11,21H,2,12-14H2,1H3. The number of hydrogen-bond donors (Lipinski definition) is 1. The van der Waals surface area contributed by atoms with Crippen LogP contribution in [0.4, 0.5) is 4.39 Å². The summed E-state index contributed by atoms with van der Waals surface area (Å²) >= 11 is 0. The van der Waals surface area contributed by atoms with E-state index in [2.05, 4.69) is 15.5 Å². The summed E-state index contributed by atoms with van der Waals surface area (Å²) < 4.78 is 13.6. The third kappa shape index (κ3) is 3.86. The van der Waals surface area contributed by atoms with Crippen LogP contribution in [0, 0.1) is 5.82 Å². The molecule has 0 radical (unpaired) electrons. The normalized spacial score (nSPS) is 10.9. The minimum atomic E-state index is -0.152. The molecule has 0 atom stereocenters. The monoisotopic (exact) mass is 324 g/mol. The summed E-state index contributed by atoms with van der Waals surface area (Å²) in [6.45, 7) is 4.05. The minimum absolute atomic E-state index is 0.152. The van der Waals surface area contributed by atoms with E-state index < -0.39 is 0 Å². The molecule has 0 spiro atoms. The Bertz CT molecular complexity index is 783. The van der Waals surface area contributed by atoms with Gasteiger partial charge in [-0.3, -0.25) is 0 Å². The summed E-state index contributed by atoms with van der Waals surface area (Å²) in [5, 5.41) is 12.4. The predicted octanol–water partition coefficient (Wildman–Crippen LogP) is 3.44. The molecule has 4 nitrogen and oxygen atoms in total. The smallest absolute Gasteiger partial charge is 0.126 e. The maximum atomic E-state index is 13.6. The van der Waals surface area contributed by atoms with Gasteiger partial charge in [0.2, 0.25) is 0 Å². The fourth-order valence-corrected chi connectivity index (χ4v) is 2.59. The van der Waals surface area contributed by atoms with Crippen LogP contribution in [-0.4, -0.2) is 21.5 Å². The van der Waals surface area contributed by atoms with Gasteiger partial charge < -0.3 is 5.32 Å². The van der Waals surface area contributed by atoms with Crippen molar-refractivity contribution in [1.29, 1.82) is 0 Å². The third-order valence-corrected chi connectivity index (χ3v) is 3.88. The number of aromatic nitrogens is 3. The second kappa shape index (κ2) is 7.84. The Morgan fingerprint density at radius 3 is 2.50 bits per heavy atom. The van der Waals surface area contributed by atoms with E-state index in [1.807, 2.05) is 49.4 Å². The average molecular weight is 324 g/mol. The lowest BCUT2D eigenvalue weighted by molar-refractivity contribution is 0.556. The number of halogens is 1. The molecule has 0 saturated heterocycles. The van der Waals surface area contributed by atoms with E-state index >= 15 is 0 Å². The first-order valence-corrected chi connectivity index (χ1v) is 8.21. The van der Waals surface area contributed by atoms with Gasteiger partial charge in [-0.2, -0.15) is 15.0 Å². The molecule has 0 amide bonds. The van der Waals surface area contributed by atoms with E-state index in [-0.39, 0.29) is 5.82 Å². The zero-order valence-corrected chi connectivity index (χ0v) is 13.7. The van der Waals surface area contributed by atoms with Crippen LogP contribution in [0.1, 0.15) is 18.2 Å². The molecule has 2 aromatic carbocycles. The van der Waals surface area contributed by atoms with Crippen molar-refractivity contribution in [3.8, 4) is 11.3 Å². The van der Waals surface area contributed by atoms with Crippen molar-refractivity contribution in [2.75, 3.05) is 6.54 Å². The van der Waals surface area contributed by atoms with Crippen LogP contribution in [0.15, 0.2) is 54.6 Å². The van der Waals surface area contributed by atoms with Crippen LogP contribution < -0.4 is 5.32 Å². The molecule has 5 heteroatoms. The van der Waals surface area contributed by atoms with E-state index in [9.17, 15) is 4.39 Å². The first-order chi connectivity index (χ1) is 11.8. The first kappa shape index (κ1) is 16.3. The topological polar surface area (TPSA) is 42.7 Å². The number of aryl methyl sites for hydroxylation is 1. The third-order valence-electron chi connectivity index (χ3n) is 3.88. The molecule has 0 aliphatic rings. The van der Waals surface area contributed by atoms with Crippen LogP contribution in [-0.2, 0) is 19.5 Å². The van der Waals surface area contributed by atoms with Gasteiger partial charge in [0.05, 0.1) is 6.54 Å². The lowest BCUT2D eigenvalue weighted by atomic mass is 10.1. The Morgan fingerprint density at radius 1 is 1.00 bits per heavy atom. The zero-order chi connectivity index (χ0) is 16.8. The van der Waals surface area contributed by atoms with Gasteiger partial charge in [-0.15, -0.1) is 0 Å². The lowest BCUT2D eigenvalue weighted by Gasteiger charge is -2.05. The highest BCUT2D eigenvalue weighted by atomic mass is 19.1. The summed E-state index contributed by atoms with van der Waals surface area (Å²) in [4.78, 5) is 1.70. The average Bonchev–Trinajstić information content (AvgIpc) is 3.04. The molecule has 0 aliphatic heterocycles. The molecule has 3 aromatic rings. The van der Waals surface area contributed by atoms with E-state index in [1.165, 1.54) is 6.07 Å². The van der Waals surface area contributed by atoms with Crippen molar-refractivity contribution < 1.29 is 4.39 Å². The van der Waals surface area contributed by atoms with Gasteiger partial charge in [-0.1, -0.05) is 48.5 Å². The number of benzene rings is 2. The summed E-state index contributed by atoms with van der Waals surface area (Å²) in [5.41, 5.74) is 3.60. The Kier molecular flexibility index (Phi) is 5.33. The van der Waals surface area contributed by atoms with Crippen molar-refractivity contribution in [1.82, 2.24) is 20.3 Å². The molecule has 0 fully saturated rings. The summed E-state index contributed by atoms with van der Waals surface area (Å²) in [6, 6.07) is 16.9. The van der Waals surface area contributed by atoms with Gasteiger partial charge in [-0.05, 0) is 31.5 Å². The fraction of sp³-hybridized carbons (Fsp3) is 0.263. The maximum absolute atomic E-state index is 13.6. The molecule has 0 unspecified atom stereocenters. The first-order valence-electron chi connectivity index (χ1n) is 8.21. The molecule has 1 aromatic heterocycles. The zero-order valence-electron chi connectivity index (χ0n) is 13.7. The van der Waals surface area contributed by atoms with E-state index in [0.717, 1.165) is 29.1 Å². The van der Waals surface area contributed by atoms with E-state index in [1.54, 1.807) is 10.9 Å². The molecule has 124 valence electrons. The largest absolute Gasteiger partial charge is 0.311 e. The summed E-state index contributed by atoms with van der Waals surface area (Å²) in [6.07, 6.45) is 0.648. The molecule has 1 N–H and O–H groups in total. The Hall–Kier alpha value is -2.53. The molecule has 24 heavy (non-hydrogen) atoms. The number of nitrogens with one attached hydrogen (secondary N) is 1.